The Balaban J connectivity index is 2.40. The van der Waals surface area contributed by atoms with Crippen LogP contribution in [0.15, 0.2) is 29.3 Å². The van der Waals surface area contributed by atoms with Gasteiger partial charge in [0.2, 0.25) is 0 Å². The van der Waals surface area contributed by atoms with Crippen molar-refractivity contribution in [3.8, 4) is 5.75 Å². The zero-order valence-electron chi connectivity index (χ0n) is 12.4. The molecule has 0 atom stereocenters. The molecule has 1 aromatic carbocycles. The maximum Gasteiger partial charge on any atom is 0.190 e. The molecule has 4 heteroatoms. The largest absolute Gasteiger partial charge is 0.496 e. The fourth-order valence-electron chi connectivity index (χ4n) is 1.75. The van der Waals surface area contributed by atoms with Gasteiger partial charge < -0.3 is 15.4 Å². The molecule has 0 bridgehead atoms. The van der Waals surface area contributed by atoms with Crippen LogP contribution in [0.1, 0.15) is 19.4 Å². The number of benzene rings is 1. The Hall–Kier alpha value is -1.71. The average molecular weight is 263 g/mol. The number of ether oxygens (including phenoxy) is 1. The molecule has 2 N–H and O–H groups in total. The topological polar surface area (TPSA) is 45.7 Å². The first-order valence-electron chi connectivity index (χ1n) is 6.73. The van der Waals surface area contributed by atoms with Crippen LogP contribution in [-0.4, -0.2) is 33.2 Å². The molecule has 0 radical (unpaired) electrons. The van der Waals surface area contributed by atoms with Crippen LogP contribution in [-0.2, 0) is 6.42 Å². The number of nitrogens with one attached hydrogen (secondary N) is 2. The van der Waals surface area contributed by atoms with Gasteiger partial charge in [-0.15, -0.1) is 0 Å². The zero-order valence-corrected chi connectivity index (χ0v) is 12.4. The zero-order chi connectivity index (χ0) is 14.1. The molecule has 0 spiro atoms. The lowest BCUT2D eigenvalue weighted by atomic mass is 10.1. The highest BCUT2D eigenvalue weighted by molar-refractivity contribution is 5.79. The summed E-state index contributed by atoms with van der Waals surface area (Å²) in [6, 6.07) is 8.09. The van der Waals surface area contributed by atoms with Crippen LogP contribution in [0.5, 0.6) is 5.75 Å². The summed E-state index contributed by atoms with van der Waals surface area (Å²) in [5.74, 6) is 2.39. The highest BCUT2D eigenvalue weighted by Gasteiger charge is 2.02. The van der Waals surface area contributed by atoms with Gasteiger partial charge in [0, 0.05) is 20.1 Å². The lowest BCUT2D eigenvalue weighted by molar-refractivity contribution is 0.409. The van der Waals surface area contributed by atoms with E-state index < -0.39 is 0 Å². The summed E-state index contributed by atoms with van der Waals surface area (Å²) in [4.78, 5) is 4.20. The van der Waals surface area contributed by atoms with Gasteiger partial charge in [-0.3, -0.25) is 4.99 Å². The van der Waals surface area contributed by atoms with Crippen molar-refractivity contribution < 1.29 is 4.74 Å². The Kier molecular flexibility index (Phi) is 6.79. The summed E-state index contributed by atoms with van der Waals surface area (Å²) in [6.45, 7) is 6.11. The second-order valence-electron chi connectivity index (χ2n) is 4.84. The third kappa shape index (κ3) is 5.64. The first kappa shape index (κ1) is 15.3. The van der Waals surface area contributed by atoms with Crippen molar-refractivity contribution in [2.45, 2.75) is 20.3 Å². The fraction of sp³-hybridized carbons (Fsp3) is 0.533. The predicted molar refractivity (Wildman–Crippen MR) is 80.9 cm³/mol. The smallest absolute Gasteiger partial charge is 0.190 e. The summed E-state index contributed by atoms with van der Waals surface area (Å²) < 4.78 is 5.33. The van der Waals surface area contributed by atoms with Gasteiger partial charge in [-0.2, -0.15) is 0 Å². The fourth-order valence-corrected chi connectivity index (χ4v) is 1.75. The average Bonchev–Trinajstić information content (AvgIpc) is 2.42. The van der Waals surface area contributed by atoms with Crippen molar-refractivity contribution in [2.75, 3.05) is 27.2 Å². The Morgan fingerprint density at radius 2 is 2.00 bits per heavy atom. The van der Waals surface area contributed by atoms with Crippen molar-refractivity contribution in [3.63, 3.8) is 0 Å². The van der Waals surface area contributed by atoms with E-state index in [-0.39, 0.29) is 0 Å². The van der Waals surface area contributed by atoms with E-state index in [4.69, 9.17) is 4.74 Å². The second-order valence-corrected chi connectivity index (χ2v) is 4.84. The number of aliphatic imine (C=N–C) groups is 1. The Morgan fingerprint density at radius 1 is 1.26 bits per heavy atom. The minimum absolute atomic E-state index is 0.604. The summed E-state index contributed by atoms with van der Waals surface area (Å²) >= 11 is 0. The van der Waals surface area contributed by atoms with E-state index >= 15 is 0 Å². The highest BCUT2D eigenvalue weighted by atomic mass is 16.5. The number of nitrogens with zero attached hydrogens (tertiary/aromatic N) is 1. The third-order valence-corrected chi connectivity index (χ3v) is 2.78. The van der Waals surface area contributed by atoms with Crippen LogP contribution in [0.3, 0.4) is 0 Å². The van der Waals surface area contributed by atoms with E-state index in [0.717, 1.165) is 31.2 Å². The molecule has 0 aliphatic heterocycles. The third-order valence-electron chi connectivity index (χ3n) is 2.78. The van der Waals surface area contributed by atoms with E-state index in [2.05, 4.69) is 35.5 Å². The molecule has 0 unspecified atom stereocenters. The summed E-state index contributed by atoms with van der Waals surface area (Å²) in [7, 11) is 3.49. The van der Waals surface area contributed by atoms with Crippen molar-refractivity contribution >= 4 is 5.96 Å². The molecule has 1 aromatic rings. The van der Waals surface area contributed by atoms with Gasteiger partial charge in [0.05, 0.1) is 7.11 Å². The molecule has 0 heterocycles. The molecule has 0 fully saturated rings. The molecular formula is C15H25N3O. The summed E-state index contributed by atoms with van der Waals surface area (Å²) in [6.07, 6.45) is 0.909. The second kappa shape index (κ2) is 8.40. The molecular weight excluding hydrogens is 238 g/mol. The maximum atomic E-state index is 5.33. The number of rotatable bonds is 6. The minimum Gasteiger partial charge on any atom is -0.496 e. The van der Waals surface area contributed by atoms with Gasteiger partial charge in [0.1, 0.15) is 5.75 Å². The van der Waals surface area contributed by atoms with Gasteiger partial charge in [-0.1, -0.05) is 32.0 Å². The van der Waals surface area contributed by atoms with Gasteiger partial charge in [0.15, 0.2) is 5.96 Å². The Bertz CT molecular complexity index is 402. The highest BCUT2D eigenvalue weighted by Crippen LogP contribution is 2.17. The molecule has 1 rings (SSSR count). The van der Waals surface area contributed by atoms with Crippen LogP contribution in [0, 0.1) is 5.92 Å². The number of methoxy groups -OCH3 is 1. The van der Waals surface area contributed by atoms with Crippen LogP contribution >= 0.6 is 0 Å². The Morgan fingerprint density at radius 3 is 2.63 bits per heavy atom. The van der Waals surface area contributed by atoms with Crippen molar-refractivity contribution in [1.29, 1.82) is 0 Å². The molecule has 19 heavy (non-hydrogen) atoms. The lowest BCUT2D eigenvalue weighted by Crippen LogP contribution is -2.39. The quantitative estimate of drug-likeness (QED) is 0.610. The van der Waals surface area contributed by atoms with Crippen LogP contribution in [0.2, 0.25) is 0 Å². The number of hydrogen-bond donors (Lipinski definition) is 2. The minimum atomic E-state index is 0.604. The lowest BCUT2D eigenvalue weighted by Gasteiger charge is -2.14. The van der Waals surface area contributed by atoms with Crippen molar-refractivity contribution in [2.24, 2.45) is 10.9 Å². The molecule has 0 saturated carbocycles. The number of hydrogen-bond acceptors (Lipinski definition) is 2. The van der Waals surface area contributed by atoms with Crippen LogP contribution in [0.4, 0.5) is 0 Å². The van der Waals surface area contributed by atoms with E-state index in [9.17, 15) is 0 Å². The molecule has 0 amide bonds. The van der Waals surface area contributed by atoms with E-state index in [1.165, 1.54) is 5.56 Å². The maximum absolute atomic E-state index is 5.33. The molecule has 0 saturated heterocycles. The standard InChI is InChI=1S/C15H25N3O/c1-12(2)11-18-15(16-3)17-10-9-13-7-5-6-8-14(13)19-4/h5-8,12H,9-11H2,1-4H3,(H2,16,17,18). The first-order chi connectivity index (χ1) is 9.17. The monoisotopic (exact) mass is 263 g/mol. The van der Waals surface area contributed by atoms with E-state index in [1.807, 2.05) is 18.2 Å². The van der Waals surface area contributed by atoms with Gasteiger partial charge in [-0.25, -0.2) is 0 Å². The molecule has 0 aliphatic carbocycles. The number of para-hydroxylation sites is 1. The van der Waals surface area contributed by atoms with Crippen LogP contribution in [0.25, 0.3) is 0 Å². The van der Waals surface area contributed by atoms with Gasteiger partial charge in [0.25, 0.3) is 0 Å². The van der Waals surface area contributed by atoms with Crippen molar-refractivity contribution in [1.82, 2.24) is 10.6 Å². The van der Waals surface area contributed by atoms with Crippen LogP contribution < -0.4 is 15.4 Å². The van der Waals surface area contributed by atoms with Crippen molar-refractivity contribution in [3.05, 3.63) is 29.8 Å². The van der Waals surface area contributed by atoms with E-state index in [1.54, 1.807) is 14.2 Å². The molecule has 106 valence electrons. The SMILES string of the molecule is CN=C(NCCc1ccccc1OC)NCC(C)C. The summed E-state index contributed by atoms with van der Waals surface area (Å²) in [5, 5.41) is 6.60. The van der Waals surface area contributed by atoms with E-state index in [0.29, 0.717) is 5.92 Å². The first-order valence-corrected chi connectivity index (χ1v) is 6.73. The molecule has 0 aromatic heterocycles. The molecule has 0 aliphatic rings. The normalized spacial score (nSPS) is 11.5. The molecule has 4 nitrogen and oxygen atoms in total. The summed E-state index contributed by atoms with van der Waals surface area (Å²) in [5.41, 5.74) is 1.21. The van der Waals surface area contributed by atoms with Gasteiger partial charge in [-0.05, 0) is 24.0 Å². The number of guanidine groups is 1. The Labute approximate surface area is 116 Å². The predicted octanol–water partition coefficient (Wildman–Crippen LogP) is 2.06. The van der Waals surface area contributed by atoms with Gasteiger partial charge >= 0.3 is 0 Å².